The van der Waals surface area contributed by atoms with Gasteiger partial charge in [0, 0.05) is 50.6 Å². The number of aromatic nitrogens is 4. The number of rotatable bonds is 3. The van der Waals surface area contributed by atoms with Crippen molar-refractivity contribution in [3.8, 4) is 11.3 Å². The van der Waals surface area contributed by atoms with E-state index >= 15 is 0 Å². The Morgan fingerprint density at radius 1 is 1.04 bits per heavy atom. The molecule has 7 nitrogen and oxygen atoms in total. The summed E-state index contributed by atoms with van der Waals surface area (Å²) in [4.78, 5) is 25.3. The number of carbonyl (C=O) groups is 1. The molecule has 0 unspecified atom stereocenters. The first kappa shape index (κ1) is 17.5. The van der Waals surface area contributed by atoms with Crippen LogP contribution in [0.15, 0.2) is 48.8 Å². The van der Waals surface area contributed by atoms with Gasteiger partial charge in [-0.25, -0.2) is 9.97 Å². The molecular weight excluding hydrogens is 364 g/mol. The van der Waals surface area contributed by atoms with Gasteiger partial charge in [0.15, 0.2) is 5.69 Å². The molecule has 3 aromatic rings. The monoisotopic (exact) mass is 382 g/mol. The first-order valence-electron chi connectivity index (χ1n) is 8.73. The van der Waals surface area contributed by atoms with E-state index in [1.54, 1.807) is 23.1 Å². The number of amides is 1. The first-order valence-corrected chi connectivity index (χ1v) is 9.11. The number of carbonyl (C=O) groups excluding carboxylic acids is 1. The molecule has 1 aliphatic heterocycles. The molecule has 0 radical (unpaired) electrons. The maximum Gasteiger partial charge on any atom is 0.274 e. The summed E-state index contributed by atoms with van der Waals surface area (Å²) in [5, 5.41) is 5.09. The molecule has 2 aromatic heterocycles. The number of nitrogens with zero attached hydrogens (tertiary/aromatic N) is 6. The molecule has 1 fully saturated rings. The average Bonchev–Trinajstić information content (AvgIpc) is 3.10. The van der Waals surface area contributed by atoms with Crippen LogP contribution in [-0.2, 0) is 7.05 Å². The highest BCUT2D eigenvalue weighted by molar-refractivity contribution is 6.30. The molecule has 3 heterocycles. The number of piperazine rings is 1. The van der Waals surface area contributed by atoms with Crippen molar-refractivity contribution >= 4 is 23.5 Å². The van der Waals surface area contributed by atoms with Crippen LogP contribution in [-0.4, -0.2) is 56.7 Å². The van der Waals surface area contributed by atoms with E-state index < -0.39 is 0 Å². The summed E-state index contributed by atoms with van der Waals surface area (Å²) in [6.45, 7) is 2.63. The molecule has 138 valence electrons. The molecule has 0 aliphatic carbocycles. The Morgan fingerprint density at radius 2 is 1.70 bits per heavy atom. The summed E-state index contributed by atoms with van der Waals surface area (Å²) in [6, 6.07) is 11.1. The summed E-state index contributed by atoms with van der Waals surface area (Å²) >= 11 is 5.96. The first-order chi connectivity index (χ1) is 13.1. The highest BCUT2D eigenvalue weighted by atomic mass is 35.5. The molecule has 4 rings (SSSR count). The van der Waals surface area contributed by atoms with Gasteiger partial charge in [-0.05, 0) is 29.8 Å². The minimum Gasteiger partial charge on any atom is -0.337 e. The lowest BCUT2D eigenvalue weighted by atomic mass is 10.1. The second-order valence-corrected chi connectivity index (χ2v) is 6.81. The smallest absolute Gasteiger partial charge is 0.274 e. The maximum atomic E-state index is 12.9. The molecule has 0 bridgehead atoms. The van der Waals surface area contributed by atoms with Crippen molar-refractivity contribution < 1.29 is 4.79 Å². The fraction of sp³-hybridized carbons (Fsp3) is 0.263. The largest absolute Gasteiger partial charge is 0.337 e. The molecule has 0 N–H and O–H groups in total. The van der Waals surface area contributed by atoms with Gasteiger partial charge in [0.1, 0.15) is 0 Å². The minimum atomic E-state index is -0.0561. The number of hydrogen-bond acceptors (Lipinski definition) is 5. The third-order valence-electron chi connectivity index (χ3n) is 4.64. The van der Waals surface area contributed by atoms with Gasteiger partial charge in [-0.15, -0.1) is 0 Å². The summed E-state index contributed by atoms with van der Waals surface area (Å²) in [5.74, 6) is 0.645. The van der Waals surface area contributed by atoms with Crippen LogP contribution in [0.2, 0.25) is 5.02 Å². The lowest BCUT2D eigenvalue weighted by Crippen LogP contribution is -2.49. The van der Waals surface area contributed by atoms with Crippen molar-refractivity contribution in [2.24, 2.45) is 7.05 Å². The lowest BCUT2D eigenvalue weighted by molar-refractivity contribution is 0.0739. The Labute approximate surface area is 162 Å². The van der Waals surface area contributed by atoms with E-state index in [1.807, 2.05) is 42.3 Å². The van der Waals surface area contributed by atoms with E-state index in [-0.39, 0.29) is 5.91 Å². The third-order valence-corrected chi connectivity index (χ3v) is 4.89. The maximum absolute atomic E-state index is 12.9. The van der Waals surface area contributed by atoms with Gasteiger partial charge >= 0.3 is 0 Å². The normalized spacial score (nSPS) is 14.4. The zero-order chi connectivity index (χ0) is 18.8. The van der Waals surface area contributed by atoms with Crippen molar-refractivity contribution in [3.63, 3.8) is 0 Å². The fourth-order valence-corrected chi connectivity index (χ4v) is 3.31. The molecule has 1 saturated heterocycles. The highest BCUT2D eigenvalue weighted by Gasteiger charge is 2.25. The van der Waals surface area contributed by atoms with E-state index in [4.69, 9.17) is 11.6 Å². The fourth-order valence-electron chi connectivity index (χ4n) is 3.19. The number of hydrogen-bond donors (Lipinski definition) is 0. The lowest BCUT2D eigenvalue weighted by Gasteiger charge is -2.34. The van der Waals surface area contributed by atoms with Gasteiger partial charge in [-0.3, -0.25) is 9.48 Å². The van der Waals surface area contributed by atoms with Crippen LogP contribution < -0.4 is 4.90 Å². The zero-order valence-corrected chi connectivity index (χ0v) is 15.7. The summed E-state index contributed by atoms with van der Waals surface area (Å²) < 4.78 is 1.73. The quantitative estimate of drug-likeness (QED) is 0.696. The van der Waals surface area contributed by atoms with Crippen LogP contribution in [0, 0.1) is 0 Å². The Bertz CT molecular complexity index is 933. The van der Waals surface area contributed by atoms with E-state index in [0.717, 1.165) is 11.3 Å². The number of anilines is 1. The number of benzene rings is 1. The summed E-state index contributed by atoms with van der Waals surface area (Å²) in [5.41, 5.74) is 2.30. The van der Waals surface area contributed by atoms with Gasteiger partial charge in [-0.1, -0.05) is 23.7 Å². The van der Waals surface area contributed by atoms with Gasteiger partial charge in [0.25, 0.3) is 5.91 Å². The topological polar surface area (TPSA) is 67.2 Å². The van der Waals surface area contributed by atoms with Crippen molar-refractivity contribution in [2.75, 3.05) is 31.1 Å². The van der Waals surface area contributed by atoms with Gasteiger partial charge in [0.05, 0.1) is 5.69 Å². The van der Waals surface area contributed by atoms with Crippen molar-refractivity contribution in [1.82, 2.24) is 24.6 Å². The summed E-state index contributed by atoms with van der Waals surface area (Å²) in [6.07, 6.45) is 3.46. The van der Waals surface area contributed by atoms with Crippen molar-refractivity contribution in [1.29, 1.82) is 0 Å². The van der Waals surface area contributed by atoms with Gasteiger partial charge in [-0.2, -0.15) is 5.10 Å². The predicted octanol–water partition coefficient (Wildman–Crippen LogP) is 2.49. The Hall–Kier alpha value is -2.93. The van der Waals surface area contributed by atoms with Crippen LogP contribution in [0.3, 0.4) is 0 Å². The van der Waals surface area contributed by atoms with Crippen molar-refractivity contribution in [2.45, 2.75) is 0 Å². The molecular formula is C19H19ClN6O. The van der Waals surface area contributed by atoms with Crippen LogP contribution in [0.5, 0.6) is 0 Å². The van der Waals surface area contributed by atoms with E-state index in [1.165, 1.54) is 0 Å². The second kappa shape index (κ2) is 7.36. The summed E-state index contributed by atoms with van der Waals surface area (Å²) in [7, 11) is 1.84. The number of aryl methyl sites for hydroxylation is 1. The molecule has 0 spiro atoms. The molecule has 1 aromatic carbocycles. The SMILES string of the molecule is Cn1nc(C(=O)N2CCN(c3ncccn3)CC2)cc1-c1ccc(Cl)cc1. The van der Waals surface area contributed by atoms with Crippen molar-refractivity contribution in [3.05, 3.63) is 59.5 Å². The number of halogens is 1. The zero-order valence-electron chi connectivity index (χ0n) is 14.9. The van der Waals surface area contributed by atoms with E-state index in [0.29, 0.717) is 42.8 Å². The molecule has 1 aliphatic rings. The Morgan fingerprint density at radius 3 is 2.37 bits per heavy atom. The third kappa shape index (κ3) is 3.64. The molecule has 8 heteroatoms. The predicted molar refractivity (Wildman–Crippen MR) is 104 cm³/mol. The van der Waals surface area contributed by atoms with Crippen LogP contribution in [0.1, 0.15) is 10.5 Å². The van der Waals surface area contributed by atoms with Crippen LogP contribution in [0.25, 0.3) is 11.3 Å². The molecule has 27 heavy (non-hydrogen) atoms. The Kier molecular flexibility index (Phi) is 4.77. The highest BCUT2D eigenvalue weighted by Crippen LogP contribution is 2.23. The molecule has 0 saturated carbocycles. The standard InChI is InChI=1S/C19H19ClN6O/c1-24-17(14-3-5-15(20)6-4-14)13-16(23-24)18(27)25-9-11-26(12-10-25)19-21-7-2-8-22-19/h2-8,13H,9-12H2,1H3. The van der Waals surface area contributed by atoms with E-state index in [2.05, 4.69) is 20.0 Å². The van der Waals surface area contributed by atoms with Crippen LogP contribution >= 0.6 is 11.6 Å². The average molecular weight is 383 g/mol. The Balaban J connectivity index is 1.46. The van der Waals surface area contributed by atoms with Gasteiger partial charge in [0.2, 0.25) is 5.95 Å². The molecule has 1 amide bonds. The minimum absolute atomic E-state index is 0.0561. The van der Waals surface area contributed by atoms with Crippen LogP contribution in [0.4, 0.5) is 5.95 Å². The van der Waals surface area contributed by atoms with E-state index in [9.17, 15) is 4.79 Å². The van der Waals surface area contributed by atoms with Gasteiger partial charge < -0.3 is 9.80 Å². The molecule has 0 atom stereocenters. The second-order valence-electron chi connectivity index (χ2n) is 6.37.